The average molecular weight is 651 g/mol. The van der Waals surface area contributed by atoms with Crippen molar-refractivity contribution in [2.75, 3.05) is 63.1 Å². The van der Waals surface area contributed by atoms with Crippen LogP contribution in [0.4, 0.5) is 30.2 Å². The number of nitrogens with zero attached hydrogens (tertiary/aromatic N) is 3. The summed E-state index contributed by atoms with van der Waals surface area (Å²) < 4.78 is 51.9. The fraction of sp³-hybridized carbons (Fsp3) is 0.343. The van der Waals surface area contributed by atoms with Crippen LogP contribution < -0.4 is 15.4 Å². The zero-order valence-corrected chi connectivity index (χ0v) is 26.4. The van der Waals surface area contributed by atoms with E-state index in [2.05, 4.69) is 9.80 Å². The van der Waals surface area contributed by atoms with Gasteiger partial charge in [0.1, 0.15) is 12.4 Å². The Balaban J connectivity index is 0.942. The monoisotopic (exact) mass is 650 g/mol. The van der Waals surface area contributed by atoms with Crippen LogP contribution >= 0.6 is 11.8 Å². The van der Waals surface area contributed by atoms with Crippen LogP contribution in [0.3, 0.4) is 0 Å². The molecule has 1 fully saturated rings. The summed E-state index contributed by atoms with van der Waals surface area (Å²) in [6, 6.07) is 23.2. The Morgan fingerprint density at radius 3 is 2.39 bits per heavy atom. The summed E-state index contributed by atoms with van der Waals surface area (Å²) >= 11 is 1.51. The molecular formula is C35H37F3N4O3S. The van der Waals surface area contributed by atoms with Crippen molar-refractivity contribution in [1.82, 2.24) is 9.80 Å². The molecule has 242 valence electrons. The van der Waals surface area contributed by atoms with E-state index in [1.54, 1.807) is 13.0 Å². The minimum Gasteiger partial charge on any atom is -0.479 e. The van der Waals surface area contributed by atoms with E-state index in [4.69, 9.17) is 15.2 Å². The number of carbonyl (C=O) groups is 1. The third kappa shape index (κ3) is 7.37. The molecule has 0 bridgehead atoms. The lowest BCUT2D eigenvalue weighted by Gasteiger charge is -2.36. The lowest BCUT2D eigenvalue weighted by atomic mass is 10.1. The molecule has 0 aliphatic carbocycles. The van der Waals surface area contributed by atoms with Gasteiger partial charge >= 0.3 is 12.1 Å². The van der Waals surface area contributed by atoms with Gasteiger partial charge in [0.05, 0.1) is 16.9 Å². The van der Waals surface area contributed by atoms with E-state index in [1.165, 1.54) is 17.8 Å². The summed E-state index contributed by atoms with van der Waals surface area (Å²) in [6.07, 6.45) is -4.33. The molecule has 4 aromatic carbocycles. The van der Waals surface area contributed by atoms with E-state index in [0.29, 0.717) is 30.2 Å². The van der Waals surface area contributed by atoms with Crippen LogP contribution in [0.5, 0.6) is 5.75 Å². The van der Waals surface area contributed by atoms with Crippen molar-refractivity contribution in [1.29, 1.82) is 0 Å². The first-order valence-corrected chi connectivity index (χ1v) is 16.3. The first-order chi connectivity index (χ1) is 22.2. The van der Waals surface area contributed by atoms with Gasteiger partial charge in [-0.05, 0) is 73.8 Å². The molecule has 2 aliphatic rings. The standard InChI is InChI=1S/C35H37F3N4O3S/c1-24(45-27-12-10-25-6-4-7-29(39)28(25)23-27)34(43)44-21-20-41-18-16-40(17-19-41)14-5-15-42-30-8-2-3-9-32(30)46-33-13-11-26(22-31(33)42)35(36,37)38/h2-4,6-13,22-24H,5,14-21,39H2,1H3. The molecule has 7 nitrogen and oxygen atoms in total. The molecule has 0 saturated carbocycles. The van der Waals surface area contributed by atoms with Crippen molar-refractivity contribution >= 4 is 45.6 Å². The maximum absolute atomic E-state index is 13.5. The van der Waals surface area contributed by atoms with E-state index in [1.807, 2.05) is 65.6 Å². The SMILES string of the molecule is CC(Oc1ccc2cccc(N)c2c1)C(=O)OCCN1CCN(CCCN2c3ccccc3Sc3ccc(C(F)(F)F)cc32)CC1. The minimum atomic E-state index is -4.39. The zero-order valence-electron chi connectivity index (χ0n) is 25.6. The second-order valence-corrected chi connectivity index (χ2v) is 12.7. The van der Waals surface area contributed by atoms with Crippen molar-refractivity contribution in [3.8, 4) is 5.75 Å². The van der Waals surface area contributed by atoms with Crippen LogP contribution in [0, 0.1) is 0 Å². The molecule has 11 heteroatoms. The highest BCUT2D eigenvalue weighted by Crippen LogP contribution is 2.49. The number of piperazine rings is 1. The van der Waals surface area contributed by atoms with Crippen LogP contribution in [-0.4, -0.2) is 74.3 Å². The summed E-state index contributed by atoms with van der Waals surface area (Å²) in [7, 11) is 0. The van der Waals surface area contributed by atoms with Gasteiger partial charge < -0.3 is 25.0 Å². The highest BCUT2D eigenvalue weighted by atomic mass is 32.2. The molecule has 4 aromatic rings. The lowest BCUT2D eigenvalue weighted by Crippen LogP contribution is -2.48. The molecule has 0 amide bonds. The number of hydrogen-bond acceptors (Lipinski definition) is 8. The van der Waals surface area contributed by atoms with Crippen LogP contribution in [-0.2, 0) is 15.7 Å². The summed E-state index contributed by atoms with van der Waals surface area (Å²) in [5.74, 6) is 0.144. The van der Waals surface area contributed by atoms with E-state index in [0.717, 1.165) is 71.5 Å². The number of nitrogens with two attached hydrogens (primary N) is 1. The molecule has 1 atom stereocenters. The lowest BCUT2D eigenvalue weighted by molar-refractivity contribution is -0.151. The Morgan fingerprint density at radius 2 is 1.61 bits per heavy atom. The van der Waals surface area contributed by atoms with E-state index in [-0.39, 0.29) is 6.61 Å². The molecule has 0 aromatic heterocycles. The van der Waals surface area contributed by atoms with Crippen molar-refractivity contribution in [2.24, 2.45) is 0 Å². The minimum absolute atomic E-state index is 0.281. The summed E-state index contributed by atoms with van der Waals surface area (Å²) in [4.78, 5) is 21.1. The number of anilines is 3. The van der Waals surface area contributed by atoms with Gasteiger partial charge in [0, 0.05) is 60.1 Å². The normalized spacial score (nSPS) is 16.1. The summed E-state index contributed by atoms with van der Waals surface area (Å²) in [5, 5.41) is 1.88. The molecule has 2 heterocycles. The Hall–Kier alpha value is -3.93. The van der Waals surface area contributed by atoms with Gasteiger partial charge in [-0.25, -0.2) is 4.79 Å². The predicted molar refractivity (Wildman–Crippen MR) is 176 cm³/mol. The quantitative estimate of drug-likeness (QED) is 0.145. The smallest absolute Gasteiger partial charge is 0.416 e. The summed E-state index contributed by atoms with van der Waals surface area (Å²) in [6.45, 7) is 7.51. The largest absolute Gasteiger partial charge is 0.479 e. The fourth-order valence-corrected chi connectivity index (χ4v) is 7.01. The Labute approximate surface area is 271 Å². The first kappa shape index (κ1) is 32.0. The van der Waals surface area contributed by atoms with Gasteiger partial charge in [0.2, 0.25) is 0 Å². The number of carbonyl (C=O) groups excluding carboxylic acids is 1. The number of esters is 1. The highest BCUT2D eigenvalue weighted by Gasteiger charge is 2.33. The topological polar surface area (TPSA) is 71.3 Å². The van der Waals surface area contributed by atoms with Crippen LogP contribution in [0.25, 0.3) is 10.8 Å². The Kier molecular flexibility index (Phi) is 9.62. The van der Waals surface area contributed by atoms with Gasteiger partial charge in [0.25, 0.3) is 0 Å². The number of rotatable bonds is 10. The predicted octanol–water partition coefficient (Wildman–Crippen LogP) is 7.06. The van der Waals surface area contributed by atoms with Crippen molar-refractivity contribution in [2.45, 2.75) is 35.4 Å². The molecule has 0 radical (unpaired) electrons. The van der Waals surface area contributed by atoms with Crippen LogP contribution in [0.2, 0.25) is 0 Å². The molecule has 6 rings (SSSR count). The maximum atomic E-state index is 13.5. The first-order valence-electron chi connectivity index (χ1n) is 15.5. The molecule has 1 unspecified atom stereocenters. The Bertz CT molecular complexity index is 1690. The number of halogens is 3. The molecular weight excluding hydrogens is 613 g/mol. The number of benzene rings is 4. The van der Waals surface area contributed by atoms with Crippen molar-refractivity contribution in [3.63, 3.8) is 0 Å². The van der Waals surface area contributed by atoms with Gasteiger partial charge in [-0.15, -0.1) is 0 Å². The molecule has 1 saturated heterocycles. The second kappa shape index (κ2) is 13.8. The molecule has 46 heavy (non-hydrogen) atoms. The van der Waals surface area contributed by atoms with Gasteiger partial charge in [-0.2, -0.15) is 13.2 Å². The van der Waals surface area contributed by atoms with Crippen LogP contribution in [0.15, 0.2) is 88.7 Å². The summed E-state index contributed by atoms with van der Waals surface area (Å²) in [5.41, 5.74) is 7.65. The number of hydrogen-bond donors (Lipinski definition) is 1. The van der Waals surface area contributed by atoms with Crippen molar-refractivity contribution < 1.29 is 27.4 Å². The van der Waals surface area contributed by atoms with E-state index < -0.39 is 23.8 Å². The Morgan fingerprint density at radius 1 is 0.870 bits per heavy atom. The zero-order chi connectivity index (χ0) is 32.3. The number of alkyl halides is 3. The number of nitrogen functional groups attached to an aromatic ring is 1. The molecule has 0 spiro atoms. The third-order valence-electron chi connectivity index (χ3n) is 8.46. The fourth-order valence-electron chi connectivity index (χ4n) is 5.93. The average Bonchev–Trinajstić information content (AvgIpc) is 3.04. The number of fused-ring (bicyclic) bond motifs is 3. The van der Waals surface area contributed by atoms with Crippen LogP contribution in [0.1, 0.15) is 18.9 Å². The highest BCUT2D eigenvalue weighted by molar-refractivity contribution is 7.99. The van der Waals surface area contributed by atoms with Gasteiger partial charge in [-0.3, -0.25) is 4.90 Å². The van der Waals surface area contributed by atoms with E-state index in [9.17, 15) is 18.0 Å². The second-order valence-electron chi connectivity index (χ2n) is 11.6. The van der Waals surface area contributed by atoms with Gasteiger partial charge in [-0.1, -0.05) is 42.1 Å². The van der Waals surface area contributed by atoms with E-state index >= 15 is 0 Å². The maximum Gasteiger partial charge on any atom is 0.416 e. The number of para-hydroxylation sites is 1. The van der Waals surface area contributed by atoms with Gasteiger partial charge in [0.15, 0.2) is 6.10 Å². The molecule has 2 aliphatic heterocycles. The number of ether oxygens (including phenoxy) is 2. The third-order valence-corrected chi connectivity index (χ3v) is 9.59. The van der Waals surface area contributed by atoms with Crippen molar-refractivity contribution in [3.05, 3.63) is 84.4 Å². The molecule has 2 N–H and O–H groups in total.